The van der Waals surface area contributed by atoms with Gasteiger partial charge in [-0.25, -0.2) is 4.98 Å². The number of fused-ring (bicyclic) bond motifs is 1. The summed E-state index contributed by atoms with van der Waals surface area (Å²) in [4.78, 5) is 17.2. The molecular formula is C19H24F3N3O. The van der Waals surface area contributed by atoms with Crippen LogP contribution in [0.5, 0.6) is 0 Å². The summed E-state index contributed by atoms with van der Waals surface area (Å²) >= 11 is 0. The first kappa shape index (κ1) is 18.7. The lowest BCUT2D eigenvalue weighted by Crippen LogP contribution is -2.36. The van der Waals surface area contributed by atoms with Crippen molar-refractivity contribution in [1.29, 1.82) is 0 Å². The van der Waals surface area contributed by atoms with E-state index in [1.807, 2.05) is 6.92 Å². The van der Waals surface area contributed by atoms with Crippen LogP contribution in [0.3, 0.4) is 0 Å². The van der Waals surface area contributed by atoms with Gasteiger partial charge in [0, 0.05) is 12.2 Å². The maximum atomic E-state index is 13.1. The van der Waals surface area contributed by atoms with E-state index >= 15 is 0 Å². The second-order valence-corrected chi connectivity index (χ2v) is 6.92. The van der Waals surface area contributed by atoms with Crippen molar-refractivity contribution >= 4 is 11.6 Å². The second kappa shape index (κ2) is 7.68. The molecule has 2 aromatic rings. The van der Waals surface area contributed by atoms with Gasteiger partial charge < -0.3 is 5.32 Å². The van der Waals surface area contributed by atoms with Crippen molar-refractivity contribution in [2.24, 2.45) is 0 Å². The molecule has 26 heavy (non-hydrogen) atoms. The molecule has 1 aliphatic rings. The van der Waals surface area contributed by atoms with E-state index in [0.29, 0.717) is 17.8 Å². The summed E-state index contributed by atoms with van der Waals surface area (Å²) < 4.78 is 40.5. The van der Waals surface area contributed by atoms with Crippen LogP contribution in [0.15, 0.2) is 18.3 Å². The van der Waals surface area contributed by atoms with Gasteiger partial charge in [-0.1, -0.05) is 39.0 Å². The highest BCUT2D eigenvalue weighted by molar-refractivity contribution is 5.95. The van der Waals surface area contributed by atoms with E-state index in [4.69, 9.17) is 0 Å². The lowest BCUT2D eigenvalue weighted by molar-refractivity contribution is -0.137. The van der Waals surface area contributed by atoms with E-state index in [-0.39, 0.29) is 17.6 Å². The maximum Gasteiger partial charge on any atom is 0.417 e. The molecule has 2 aromatic heterocycles. The van der Waals surface area contributed by atoms with E-state index in [1.165, 1.54) is 16.9 Å². The normalized spacial score (nSPS) is 17.1. The summed E-state index contributed by atoms with van der Waals surface area (Å²) in [6.07, 6.45) is 4.51. The van der Waals surface area contributed by atoms with Gasteiger partial charge >= 0.3 is 6.18 Å². The predicted octanol–water partition coefficient (Wildman–Crippen LogP) is 4.76. The van der Waals surface area contributed by atoms with Crippen LogP contribution >= 0.6 is 0 Å². The molecule has 1 saturated carbocycles. The molecule has 7 heteroatoms. The highest BCUT2D eigenvalue weighted by Crippen LogP contribution is 2.30. The first-order valence-corrected chi connectivity index (χ1v) is 9.29. The number of hydrogen-bond acceptors (Lipinski definition) is 2. The predicted molar refractivity (Wildman–Crippen MR) is 93.1 cm³/mol. The SMILES string of the molecule is CCc1nc2ccc(C(F)(F)F)cn2c1C(=O)NC1CCCCCCC1. The third kappa shape index (κ3) is 4.02. The number of pyridine rings is 1. The minimum Gasteiger partial charge on any atom is -0.348 e. The Kier molecular flexibility index (Phi) is 5.53. The number of nitrogens with zero attached hydrogens (tertiary/aromatic N) is 2. The number of halogens is 3. The molecule has 0 unspecified atom stereocenters. The zero-order valence-electron chi connectivity index (χ0n) is 14.9. The maximum absolute atomic E-state index is 13.1. The fourth-order valence-electron chi connectivity index (χ4n) is 3.60. The Hall–Kier alpha value is -2.05. The van der Waals surface area contributed by atoms with Gasteiger partial charge in [0.05, 0.1) is 11.3 Å². The van der Waals surface area contributed by atoms with Crippen molar-refractivity contribution in [3.8, 4) is 0 Å². The molecule has 2 heterocycles. The molecule has 0 aromatic carbocycles. The molecule has 0 bridgehead atoms. The lowest BCUT2D eigenvalue weighted by Gasteiger charge is -2.21. The number of carbonyl (C=O) groups is 1. The van der Waals surface area contributed by atoms with E-state index in [2.05, 4.69) is 10.3 Å². The van der Waals surface area contributed by atoms with Gasteiger partial charge in [0.2, 0.25) is 0 Å². The van der Waals surface area contributed by atoms with Crippen molar-refractivity contribution in [1.82, 2.24) is 14.7 Å². The average molecular weight is 367 g/mol. The summed E-state index contributed by atoms with van der Waals surface area (Å²) in [5.41, 5.74) is 0.311. The molecular weight excluding hydrogens is 343 g/mol. The molecule has 0 saturated heterocycles. The number of aromatic nitrogens is 2. The minimum absolute atomic E-state index is 0.0730. The van der Waals surface area contributed by atoms with Crippen molar-refractivity contribution in [2.45, 2.75) is 70.5 Å². The first-order valence-electron chi connectivity index (χ1n) is 9.29. The number of rotatable bonds is 3. The van der Waals surface area contributed by atoms with Crippen LogP contribution in [-0.2, 0) is 12.6 Å². The standard InChI is InChI=1S/C19H24F3N3O/c1-2-15-17(18(26)23-14-8-6-4-3-5-7-9-14)25-12-13(19(20,21)22)10-11-16(25)24-15/h10-12,14H,2-9H2,1H3,(H,23,26). The average Bonchev–Trinajstić information content (AvgIpc) is 2.94. The van der Waals surface area contributed by atoms with Crippen LogP contribution in [0.2, 0.25) is 0 Å². The number of amides is 1. The Morgan fingerprint density at radius 1 is 1.19 bits per heavy atom. The van der Waals surface area contributed by atoms with Crippen LogP contribution in [-0.4, -0.2) is 21.3 Å². The lowest BCUT2D eigenvalue weighted by atomic mass is 9.96. The molecule has 1 aliphatic carbocycles. The minimum atomic E-state index is -4.46. The summed E-state index contributed by atoms with van der Waals surface area (Å²) in [7, 11) is 0. The summed E-state index contributed by atoms with van der Waals surface area (Å²) in [6, 6.07) is 2.39. The summed E-state index contributed by atoms with van der Waals surface area (Å²) in [5.74, 6) is -0.334. The Morgan fingerprint density at radius 3 is 2.46 bits per heavy atom. The van der Waals surface area contributed by atoms with Crippen molar-refractivity contribution in [3.63, 3.8) is 0 Å². The van der Waals surface area contributed by atoms with Crippen LogP contribution in [0.1, 0.15) is 73.6 Å². The van der Waals surface area contributed by atoms with E-state index in [0.717, 1.165) is 50.8 Å². The molecule has 0 radical (unpaired) electrons. The Morgan fingerprint density at radius 2 is 1.85 bits per heavy atom. The number of nitrogens with one attached hydrogen (secondary N) is 1. The number of aryl methyl sites for hydroxylation is 1. The molecule has 4 nitrogen and oxygen atoms in total. The topological polar surface area (TPSA) is 46.4 Å². The third-order valence-electron chi connectivity index (χ3n) is 5.01. The van der Waals surface area contributed by atoms with Crippen molar-refractivity contribution < 1.29 is 18.0 Å². The zero-order valence-corrected chi connectivity index (χ0v) is 14.9. The third-order valence-corrected chi connectivity index (χ3v) is 5.01. The number of carbonyl (C=O) groups excluding carboxylic acids is 1. The first-order chi connectivity index (χ1) is 12.4. The quantitative estimate of drug-likeness (QED) is 0.850. The highest BCUT2D eigenvalue weighted by Gasteiger charge is 2.32. The fraction of sp³-hybridized carbons (Fsp3) is 0.579. The van der Waals surface area contributed by atoms with Gasteiger partial charge in [-0.15, -0.1) is 0 Å². The van der Waals surface area contributed by atoms with Gasteiger partial charge in [-0.3, -0.25) is 9.20 Å². The largest absolute Gasteiger partial charge is 0.417 e. The number of hydrogen-bond donors (Lipinski definition) is 1. The number of alkyl halides is 3. The smallest absolute Gasteiger partial charge is 0.348 e. The molecule has 0 spiro atoms. The van der Waals surface area contributed by atoms with Gasteiger partial charge in [-0.05, 0) is 31.4 Å². The molecule has 1 N–H and O–H groups in total. The van der Waals surface area contributed by atoms with Crippen LogP contribution in [0.25, 0.3) is 5.65 Å². The zero-order chi connectivity index (χ0) is 18.7. The van der Waals surface area contributed by atoms with Gasteiger partial charge in [0.15, 0.2) is 0 Å². The Labute approximate surface area is 150 Å². The van der Waals surface area contributed by atoms with E-state index < -0.39 is 11.7 Å². The number of imidazole rings is 1. The van der Waals surface area contributed by atoms with Crippen molar-refractivity contribution in [3.05, 3.63) is 35.3 Å². The van der Waals surface area contributed by atoms with Crippen molar-refractivity contribution in [2.75, 3.05) is 0 Å². The van der Waals surface area contributed by atoms with Gasteiger partial charge in [0.1, 0.15) is 11.3 Å². The molecule has 0 aliphatic heterocycles. The second-order valence-electron chi connectivity index (χ2n) is 6.92. The van der Waals surface area contributed by atoms with Gasteiger partial charge in [0.25, 0.3) is 5.91 Å². The van der Waals surface area contributed by atoms with Crippen LogP contribution < -0.4 is 5.32 Å². The molecule has 3 rings (SSSR count). The monoisotopic (exact) mass is 367 g/mol. The fourth-order valence-corrected chi connectivity index (χ4v) is 3.60. The molecule has 0 atom stereocenters. The summed E-state index contributed by atoms with van der Waals surface area (Å²) in [6.45, 7) is 1.85. The Balaban J connectivity index is 1.92. The van der Waals surface area contributed by atoms with E-state index in [9.17, 15) is 18.0 Å². The molecule has 1 amide bonds. The van der Waals surface area contributed by atoms with Crippen LogP contribution in [0.4, 0.5) is 13.2 Å². The van der Waals surface area contributed by atoms with Crippen LogP contribution in [0, 0.1) is 0 Å². The highest BCUT2D eigenvalue weighted by atomic mass is 19.4. The van der Waals surface area contributed by atoms with E-state index in [1.54, 1.807) is 0 Å². The summed E-state index contributed by atoms with van der Waals surface area (Å²) in [5, 5.41) is 3.03. The molecule has 1 fully saturated rings. The van der Waals surface area contributed by atoms with Gasteiger partial charge in [-0.2, -0.15) is 13.2 Å². The Bertz CT molecular complexity index is 774. The molecule has 142 valence electrons.